The summed E-state index contributed by atoms with van der Waals surface area (Å²) in [7, 11) is 5.85. The van der Waals surface area contributed by atoms with E-state index < -0.39 is 20.0 Å². The van der Waals surface area contributed by atoms with Crippen LogP contribution < -0.4 is 18.7 Å². The molecule has 0 unspecified atom stereocenters. The molecule has 0 spiro atoms. The van der Waals surface area contributed by atoms with Crippen LogP contribution in [0.2, 0.25) is 25.7 Å². The van der Waals surface area contributed by atoms with Crippen LogP contribution in [0.25, 0.3) is 0 Å². The van der Waals surface area contributed by atoms with E-state index in [1.807, 2.05) is 24.3 Å². The van der Waals surface area contributed by atoms with Crippen LogP contribution in [0.5, 0.6) is 34.5 Å². The molecule has 4 aromatic rings. The first-order chi connectivity index (χ1) is 26.5. The molecule has 0 aromatic heterocycles. The molecule has 312 valence electrons. The zero-order valence-corrected chi connectivity index (χ0v) is 36.2. The first kappa shape index (κ1) is 49.8. The van der Waals surface area contributed by atoms with Crippen LogP contribution in [0.15, 0.2) is 66.7 Å². The van der Waals surface area contributed by atoms with Crippen molar-refractivity contribution < 1.29 is 62.9 Å². The predicted molar refractivity (Wildman–Crippen MR) is 223 cm³/mol. The molecule has 0 fully saturated rings. The molecule has 4 aromatic carbocycles. The number of benzene rings is 4. The van der Waals surface area contributed by atoms with Crippen LogP contribution in [-0.4, -0.2) is 105 Å². The SMILES string of the molecule is C.COC(=O)c1c(C)cc(O)cc1O.COC(=O)c1c(C)cc(OC)cc1O.COCOc1cc(OC)cc(C[Se]c2ccccc2)c1C(=O)OCC[Si](C)(C)C. The van der Waals surface area contributed by atoms with Gasteiger partial charge in [-0.15, -0.1) is 0 Å². The summed E-state index contributed by atoms with van der Waals surface area (Å²) in [5.74, 6) is -0.418. The van der Waals surface area contributed by atoms with E-state index in [-0.39, 0.29) is 63.5 Å². The Morgan fingerprint density at radius 3 is 1.72 bits per heavy atom. The third kappa shape index (κ3) is 16.0. The monoisotopic (exact) mass is 876 g/mol. The van der Waals surface area contributed by atoms with Crippen LogP contribution in [0.3, 0.4) is 0 Å². The van der Waals surface area contributed by atoms with Gasteiger partial charge < -0.3 is 29.5 Å². The van der Waals surface area contributed by atoms with Gasteiger partial charge in [-0.2, -0.15) is 0 Å². The number of aryl methyl sites for hydroxylation is 2. The number of aromatic hydroxyl groups is 3. The summed E-state index contributed by atoms with van der Waals surface area (Å²) in [6, 6.07) is 20.3. The summed E-state index contributed by atoms with van der Waals surface area (Å²) in [5, 5.41) is 28.6. The fourth-order valence-corrected chi connectivity index (χ4v) is 7.49. The van der Waals surface area contributed by atoms with E-state index in [1.54, 1.807) is 40.2 Å². The number of esters is 3. The van der Waals surface area contributed by atoms with Crippen LogP contribution in [0.1, 0.15) is 55.2 Å². The summed E-state index contributed by atoms with van der Waals surface area (Å²) >= 11 is 0.166. The van der Waals surface area contributed by atoms with E-state index >= 15 is 0 Å². The summed E-state index contributed by atoms with van der Waals surface area (Å²) in [6.45, 7) is 10.6. The van der Waals surface area contributed by atoms with Gasteiger partial charge in [-0.1, -0.05) is 7.43 Å². The zero-order valence-electron chi connectivity index (χ0n) is 33.5. The molecule has 0 aliphatic carbocycles. The van der Waals surface area contributed by atoms with Gasteiger partial charge >= 0.3 is 193 Å². The molecule has 0 amide bonds. The van der Waals surface area contributed by atoms with E-state index in [2.05, 4.69) is 41.2 Å². The molecule has 13 nitrogen and oxygen atoms in total. The van der Waals surface area contributed by atoms with E-state index in [1.165, 1.54) is 37.9 Å². The fourth-order valence-electron chi connectivity index (χ4n) is 4.88. The average molecular weight is 876 g/mol. The minimum absolute atomic E-state index is 0. The van der Waals surface area contributed by atoms with Crippen LogP contribution in [-0.2, 0) is 24.3 Å². The van der Waals surface area contributed by atoms with Gasteiger partial charge in [0.2, 0.25) is 0 Å². The Kier molecular flexibility index (Phi) is 21.3. The molecule has 0 atom stereocenters. The molecule has 0 bridgehead atoms. The number of carbonyl (C=O) groups excluding carboxylic acids is 3. The van der Waals surface area contributed by atoms with Crippen molar-refractivity contribution in [1.82, 2.24) is 0 Å². The van der Waals surface area contributed by atoms with Gasteiger partial charge in [-0.25, -0.2) is 9.59 Å². The van der Waals surface area contributed by atoms with Crippen LogP contribution in [0.4, 0.5) is 0 Å². The van der Waals surface area contributed by atoms with Crippen molar-refractivity contribution in [3.63, 3.8) is 0 Å². The van der Waals surface area contributed by atoms with Crippen LogP contribution >= 0.6 is 0 Å². The van der Waals surface area contributed by atoms with E-state index in [4.69, 9.17) is 28.8 Å². The number of hydrogen-bond donors (Lipinski definition) is 3. The molecular formula is C42H56O13SeSi. The molecule has 0 saturated carbocycles. The minimum atomic E-state index is -1.29. The third-order valence-electron chi connectivity index (χ3n) is 7.75. The molecule has 0 radical (unpaired) electrons. The van der Waals surface area contributed by atoms with Crippen molar-refractivity contribution in [3.8, 4) is 34.5 Å². The Bertz CT molecular complexity index is 1860. The second-order valence-corrected chi connectivity index (χ2v) is 21.1. The van der Waals surface area contributed by atoms with Crippen molar-refractivity contribution in [1.29, 1.82) is 0 Å². The molecule has 4 rings (SSSR count). The van der Waals surface area contributed by atoms with Crippen molar-refractivity contribution in [2.24, 2.45) is 0 Å². The first-order valence-corrected chi connectivity index (χ1v) is 23.0. The Balaban J connectivity index is 0.000000482. The number of ether oxygens (including phenoxy) is 7. The Hall–Kier alpha value is -5.21. The number of rotatable bonds is 14. The molecule has 0 aliphatic rings. The maximum absolute atomic E-state index is 13.0. The Morgan fingerprint density at radius 1 is 0.684 bits per heavy atom. The van der Waals surface area contributed by atoms with Gasteiger partial charge in [-0.05, 0) is 37.1 Å². The van der Waals surface area contributed by atoms with Crippen molar-refractivity contribution in [3.05, 3.63) is 100 Å². The number of methoxy groups -OCH3 is 5. The molecule has 57 heavy (non-hydrogen) atoms. The van der Waals surface area contributed by atoms with Crippen molar-refractivity contribution in [2.75, 3.05) is 48.9 Å². The quantitative estimate of drug-likeness (QED) is 0.0510. The zero-order chi connectivity index (χ0) is 42.0. The second kappa shape index (κ2) is 24.4. The summed E-state index contributed by atoms with van der Waals surface area (Å²) in [4.78, 5) is 35.3. The second-order valence-electron chi connectivity index (χ2n) is 13.2. The van der Waals surface area contributed by atoms with Gasteiger partial charge in [0.05, 0.1) is 21.3 Å². The molecule has 0 saturated heterocycles. The van der Waals surface area contributed by atoms with Gasteiger partial charge in [0.1, 0.15) is 34.1 Å². The van der Waals surface area contributed by atoms with Gasteiger partial charge in [0.25, 0.3) is 0 Å². The van der Waals surface area contributed by atoms with Gasteiger partial charge in [0, 0.05) is 12.1 Å². The first-order valence-electron chi connectivity index (χ1n) is 17.2. The number of hydrogen-bond acceptors (Lipinski definition) is 13. The predicted octanol–water partition coefficient (Wildman–Crippen LogP) is 7.03. The molecule has 0 aliphatic heterocycles. The van der Waals surface area contributed by atoms with Gasteiger partial charge in [0.15, 0.2) is 0 Å². The number of carbonyl (C=O) groups is 3. The summed E-state index contributed by atoms with van der Waals surface area (Å²) in [5.41, 5.74) is 2.69. The van der Waals surface area contributed by atoms with E-state index in [0.717, 1.165) is 23.0 Å². The van der Waals surface area contributed by atoms with E-state index in [9.17, 15) is 24.6 Å². The van der Waals surface area contributed by atoms with Crippen molar-refractivity contribution >= 4 is 45.4 Å². The summed E-state index contributed by atoms with van der Waals surface area (Å²) in [6.07, 6.45) is 0. The topological polar surface area (TPSA) is 177 Å². The summed E-state index contributed by atoms with van der Waals surface area (Å²) < 4.78 is 37.0. The van der Waals surface area contributed by atoms with Crippen molar-refractivity contribution in [2.45, 2.75) is 52.3 Å². The van der Waals surface area contributed by atoms with Crippen LogP contribution in [0, 0.1) is 13.8 Å². The molecule has 0 heterocycles. The Labute approximate surface area is 343 Å². The number of phenolic OH excluding ortho intramolecular Hbond substituents is 3. The molecular weight excluding hydrogens is 819 g/mol. The van der Waals surface area contributed by atoms with Gasteiger partial charge in [-0.3, -0.25) is 0 Å². The number of phenols is 3. The standard InChI is InChI=1S/C22H30O5SeSi.C10H12O4.C9H10O4.CH4/c1-24-16-27-20-14-18(25-2)13-17(15-28-19-9-7-6-8-10-19)21(20)22(23)26-11-12-29(3,4)5;1-6-4-7(13-2)5-8(11)9(6)10(12)14-3;1-5-3-6(10)4-7(11)8(5)9(12)13-2;/h6-10,13-14H,11-12,15-16H2,1-5H3;4-5,11H,1-3H3;3-4,10-11H,1-2H3;1H4. The normalized spacial score (nSPS) is 10.3. The van der Waals surface area contributed by atoms with E-state index in [0.29, 0.717) is 40.5 Å². The molecule has 3 N–H and O–H groups in total. The fraction of sp³-hybridized carbons (Fsp3) is 0.357. The molecule has 15 heteroatoms. The Morgan fingerprint density at radius 2 is 1.23 bits per heavy atom. The third-order valence-corrected chi connectivity index (χ3v) is 11.7. The average Bonchev–Trinajstić information content (AvgIpc) is 3.15. The maximum atomic E-state index is 13.0.